The van der Waals surface area contributed by atoms with Crippen LogP contribution in [0.5, 0.6) is 5.75 Å². The number of phenolic OH excluding ortho intramolecular Hbond substituents is 1. The number of aromatic hydroxyl groups is 1. The molecule has 0 spiro atoms. The van der Waals surface area contributed by atoms with Crippen LogP contribution in [-0.4, -0.2) is 58.6 Å². The Kier molecular flexibility index (Phi) is 13.5. The summed E-state index contributed by atoms with van der Waals surface area (Å²) in [6, 6.07) is 3.97. The lowest BCUT2D eigenvalue weighted by molar-refractivity contribution is -0.142. The summed E-state index contributed by atoms with van der Waals surface area (Å²) in [5.74, 6) is -1.48. The van der Waals surface area contributed by atoms with Gasteiger partial charge in [0.25, 0.3) is 0 Å². The van der Waals surface area contributed by atoms with E-state index >= 15 is 0 Å². The number of nitrogens with two attached hydrogens (primary N) is 1. The number of hydrogen-bond donors (Lipinski definition) is 4. The third-order valence-corrected chi connectivity index (χ3v) is 5.55. The van der Waals surface area contributed by atoms with Crippen molar-refractivity contribution in [3.05, 3.63) is 29.8 Å². The summed E-state index contributed by atoms with van der Waals surface area (Å²) in [6.45, 7) is 9.83. The van der Waals surface area contributed by atoms with Crippen LogP contribution >= 0.6 is 0 Å². The van der Waals surface area contributed by atoms with Crippen molar-refractivity contribution in [2.45, 2.75) is 97.2 Å². The number of nitrogens with zero attached hydrogens (tertiary/aromatic N) is 1. The van der Waals surface area contributed by atoms with Gasteiger partial charge in [0, 0.05) is 19.5 Å². The van der Waals surface area contributed by atoms with Crippen LogP contribution in [0, 0.1) is 0 Å². The minimum atomic E-state index is -1.13. The van der Waals surface area contributed by atoms with Gasteiger partial charge in [0.05, 0.1) is 0 Å². The van der Waals surface area contributed by atoms with E-state index in [-0.39, 0.29) is 31.0 Å². The third-order valence-electron chi connectivity index (χ3n) is 5.55. The Morgan fingerprint density at radius 1 is 1.03 bits per heavy atom. The molecule has 0 aliphatic heterocycles. The van der Waals surface area contributed by atoms with Crippen molar-refractivity contribution in [2.24, 2.45) is 5.73 Å². The van der Waals surface area contributed by atoms with Crippen molar-refractivity contribution >= 4 is 23.8 Å². The molecule has 1 aromatic rings. The molecule has 0 aliphatic carbocycles. The predicted molar refractivity (Wildman–Crippen MR) is 142 cm³/mol. The van der Waals surface area contributed by atoms with Crippen LogP contribution in [-0.2, 0) is 19.1 Å². The van der Waals surface area contributed by atoms with Gasteiger partial charge in [-0.3, -0.25) is 14.4 Å². The molecule has 0 fully saturated rings. The van der Waals surface area contributed by atoms with Crippen molar-refractivity contribution in [1.82, 2.24) is 15.5 Å². The van der Waals surface area contributed by atoms with Crippen LogP contribution in [0.4, 0.5) is 4.79 Å². The maximum Gasteiger partial charge on any atom is 0.408 e. The monoisotopic (exact) mass is 520 g/mol. The molecule has 0 bridgehead atoms. The van der Waals surface area contributed by atoms with Gasteiger partial charge in [-0.05, 0) is 57.7 Å². The minimum Gasteiger partial charge on any atom is -0.508 e. The number of phenols is 1. The lowest BCUT2D eigenvalue weighted by Crippen LogP contribution is -2.53. The summed E-state index contributed by atoms with van der Waals surface area (Å²) in [4.78, 5) is 52.8. The van der Waals surface area contributed by atoms with E-state index in [9.17, 15) is 24.3 Å². The molecule has 0 saturated heterocycles. The third kappa shape index (κ3) is 12.0. The molecule has 10 heteroatoms. The molecule has 2 atom stereocenters. The number of carbonyl (C=O) groups is 4. The lowest BCUT2D eigenvalue weighted by Gasteiger charge is -2.34. The lowest BCUT2D eigenvalue weighted by atomic mass is 10.0. The first kappa shape index (κ1) is 31.7. The highest BCUT2D eigenvalue weighted by molar-refractivity contribution is 5.92. The highest BCUT2D eigenvalue weighted by Gasteiger charge is 2.36. The molecular formula is C27H44N4O6. The summed E-state index contributed by atoms with van der Waals surface area (Å²) in [5.41, 5.74) is 5.05. The molecule has 37 heavy (non-hydrogen) atoms. The molecule has 5 N–H and O–H groups in total. The zero-order valence-electron chi connectivity index (χ0n) is 22.8. The first-order valence-corrected chi connectivity index (χ1v) is 13.0. The van der Waals surface area contributed by atoms with E-state index in [2.05, 4.69) is 17.6 Å². The maximum atomic E-state index is 13.9. The van der Waals surface area contributed by atoms with Crippen molar-refractivity contribution in [3.8, 4) is 5.75 Å². The van der Waals surface area contributed by atoms with E-state index in [4.69, 9.17) is 10.5 Å². The number of hydrogen-bond acceptors (Lipinski definition) is 6. The van der Waals surface area contributed by atoms with Gasteiger partial charge in [-0.25, -0.2) is 4.79 Å². The second kappa shape index (κ2) is 15.7. The SMILES string of the molecule is CCCCCNC(=O)C(c1ccc(O)cc1)N(CCCC)C(=O)C(CCC(N)=O)NC(=O)OC(C)(C)C. The Labute approximate surface area is 220 Å². The van der Waals surface area contributed by atoms with Gasteiger partial charge in [-0.1, -0.05) is 45.2 Å². The quantitative estimate of drug-likeness (QED) is 0.260. The molecule has 208 valence electrons. The average molecular weight is 521 g/mol. The van der Waals surface area contributed by atoms with E-state index in [0.29, 0.717) is 18.5 Å². The second-order valence-corrected chi connectivity index (χ2v) is 10.1. The summed E-state index contributed by atoms with van der Waals surface area (Å²) in [7, 11) is 0. The Hall–Kier alpha value is -3.30. The summed E-state index contributed by atoms with van der Waals surface area (Å²) in [5, 5.41) is 15.3. The zero-order valence-corrected chi connectivity index (χ0v) is 22.8. The van der Waals surface area contributed by atoms with Crippen molar-refractivity contribution in [1.29, 1.82) is 0 Å². The second-order valence-electron chi connectivity index (χ2n) is 10.1. The Morgan fingerprint density at radius 3 is 2.19 bits per heavy atom. The maximum absolute atomic E-state index is 13.9. The van der Waals surface area contributed by atoms with E-state index in [1.807, 2.05) is 6.92 Å². The summed E-state index contributed by atoms with van der Waals surface area (Å²) >= 11 is 0. The molecule has 0 saturated carbocycles. The number of benzene rings is 1. The molecular weight excluding hydrogens is 476 g/mol. The van der Waals surface area contributed by atoms with E-state index in [0.717, 1.165) is 25.7 Å². The molecule has 0 heterocycles. The Morgan fingerprint density at radius 2 is 1.65 bits per heavy atom. The van der Waals surface area contributed by atoms with Crippen LogP contribution in [0.2, 0.25) is 0 Å². The fraction of sp³-hybridized carbons (Fsp3) is 0.630. The molecule has 0 radical (unpaired) electrons. The number of carbonyl (C=O) groups excluding carboxylic acids is 4. The van der Waals surface area contributed by atoms with Crippen molar-refractivity contribution in [2.75, 3.05) is 13.1 Å². The van der Waals surface area contributed by atoms with Crippen LogP contribution in [0.15, 0.2) is 24.3 Å². The summed E-state index contributed by atoms with van der Waals surface area (Å²) < 4.78 is 5.32. The van der Waals surface area contributed by atoms with Crippen LogP contribution < -0.4 is 16.4 Å². The van der Waals surface area contributed by atoms with Crippen molar-refractivity contribution in [3.63, 3.8) is 0 Å². The number of ether oxygens (including phenoxy) is 1. The zero-order chi connectivity index (χ0) is 28.0. The van der Waals surface area contributed by atoms with E-state index in [1.165, 1.54) is 17.0 Å². The van der Waals surface area contributed by atoms with Gasteiger partial charge in [-0.2, -0.15) is 0 Å². The van der Waals surface area contributed by atoms with Crippen LogP contribution in [0.1, 0.15) is 91.2 Å². The number of primary amides is 1. The largest absolute Gasteiger partial charge is 0.508 e. The normalized spacial score (nSPS) is 12.8. The topological polar surface area (TPSA) is 151 Å². The number of nitrogens with one attached hydrogen (secondary N) is 2. The predicted octanol–water partition coefficient (Wildman–Crippen LogP) is 3.53. The molecule has 0 aliphatic rings. The molecule has 4 amide bonds. The number of amides is 4. The van der Waals surface area contributed by atoms with Gasteiger partial charge < -0.3 is 31.1 Å². The average Bonchev–Trinajstić information content (AvgIpc) is 2.81. The smallest absolute Gasteiger partial charge is 0.408 e. The molecule has 1 aromatic carbocycles. The first-order valence-electron chi connectivity index (χ1n) is 13.0. The highest BCUT2D eigenvalue weighted by atomic mass is 16.6. The fourth-order valence-electron chi connectivity index (χ4n) is 3.70. The Balaban J connectivity index is 3.39. The van der Waals surface area contributed by atoms with E-state index < -0.39 is 35.6 Å². The molecule has 10 nitrogen and oxygen atoms in total. The molecule has 2 unspecified atom stereocenters. The Bertz CT molecular complexity index is 882. The minimum absolute atomic E-state index is 0.0308. The fourth-order valence-corrected chi connectivity index (χ4v) is 3.70. The number of alkyl carbamates (subject to hydrolysis) is 1. The number of rotatable bonds is 15. The standard InChI is InChI=1S/C27H44N4O6/c1-6-8-10-17-29-24(34)23(19-11-13-20(32)14-12-19)31(18-9-7-2)25(35)21(15-16-22(28)33)30-26(36)37-27(3,4)5/h11-14,21,23,32H,6-10,15-18H2,1-5H3,(H2,28,33)(H,29,34)(H,30,36). The number of unbranched alkanes of at least 4 members (excludes halogenated alkanes) is 3. The van der Waals surface area contributed by atoms with Gasteiger partial charge >= 0.3 is 6.09 Å². The molecule has 1 rings (SSSR count). The summed E-state index contributed by atoms with van der Waals surface area (Å²) in [6.07, 6.45) is 3.13. The van der Waals surface area contributed by atoms with Gasteiger partial charge in [0.2, 0.25) is 17.7 Å². The highest BCUT2D eigenvalue weighted by Crippen LogP contribution is 2.26. The van der Waals surface area contributed by atoms with Crippen molar-refractivity contribution < 1.29 is 29.0 Å². The van der Waals surface area contributed by atoms with Crippen LogP contribution in [0.25, 0.3) is 0 Å². The van der Waals surface area contributed by atoms with E-state index in [1.54, 1.807) is 32.9 Å². The molecule has 0 aromatic heterocycles. The first-order chi connectivity index (χ1) is 17.4. The van der Waals surface area contributed by atoms with Gasteiger partial charge in [-0.15, -0.1) is 0 Å². The van der Waals surface area contributed by atoms with Gasteiger partial charge in [0.1, 0.15) is 23.4 Å². The van der Waals surface area contributed by atoms with Gasteiger partial charge in [0.15, 0.2) is 0 Å². The van der Waals surface area contributed by atoms with Crippen LogP contribution in [0.3, 0.4) is 0 Å².